The molecule has 3 saturated heterocycles. The highest BCUT2D eigenvalue weighted by molar-refractivity contribution is 5.79. The molecule has 7 fully saturated rings. The van der Waals surface area contributed by atoms with Gasteiger partial charge in [0.25, 0.3) is 0 Å². The molecule has 0 aromatic rings. The molecular formula is C47H76O17. The number of fused-ring (bicyclic) bond motifs is 7. The predicted octanol–water partition coefficient (Wildman–Crippen LogP) is 0.780. The number of aliphatic hydroxyl groups is 10. The van der Waals surface area contributed by atoms with E-state index in [1.807, 2.05) is 0 Å². The number of hydrogen-bond donors (Lipinski definition) is 10. The van der Waals surface area contributed by atoms with Crippen LogP contribution in [0.2, 0.25) is 0 Å². The Labute approximate surface area is 376 Å². The molecule has 0 radical (unpaired) electrons. The van der Waals surface area contributed by atoms with E-state index in [-0.39, 0.29) is 45.7 Å². The van der Waals surface area contributed by atoms with Crippen molar-refractivity contribution in [2.45, 2.75) is 205 Å². The van der Waals surface area contributed by atoms with Crippen molar-refractivity contribution in [3.63, 3.8) is 0 Å². The molecule has 0 spiro atoms. The third-order valence-corrected chi connectivity index (χ3v) is 18.9. The van der Waals surface area contributed by atoms with Crippen LogP contribution in [-0.4, -0.2) is 169 Å². The molecule has 366 valence electrons. The molecule has 8 rings (SSSR count). The Morgan fingerprint density at radius 3 is 2.00 bits per heavy atom. The summed E-state index contributed by atoms with van der Waals surface area (Å²) < 4.78 is 35.3. The van der Waals surface area contributed by atoms with Gasteiger partial charge in [-0.2, -0.15) is 0 Å². The Bertz CT molecular complexity index is 1740. The Kier molecular flexibility index (Phi) is 13.2. The maximum atomic E-state index is 14.9. The monoisotopic (exact) mass is 913 g/mol. The van der Waals surface area contributed by atoms with Crippen molar-refractivity contribution < 1.29 is 84.3 Å². The molecule has 0 amide bonds. The topological polar surface area (TPSA) is 275 Å². The van der Waals surface area contributed by atoms with E-state index in [2.05, 4.69) is 54.5 Å². The number of esters is 1. The van der Waals surface area contributed by atoms with Gasteiger partial charge in [-0.1, -0.05) is 60.1 Å². The summed E-state index contributed by atoms with van der Waals surface area (Å²) in [5, 5.41) is 105. The second kappa shape index (κ2) is 17.2. The summed E-state index contributed by atoms with van der Waals surface area (Å²) in [4.78, 5) is 14.9. The van der Waals surface area contributed by atoms with Crippen LogP contribution in [0.25, 0.3) is 0 Å². The first kappa shape index (κ1) is 49.0. The van der Waals surface area contributed by atoms with Gasteiger partial charge in [-0.05, 0) is 109 Å². The van der Waals surface area contributed by atoms with E-state index in [0.717, 1.165) is 51.4 Å². The van der Waals surface area contributed by atoms with Crippen LogP contribution < -0.4 is 0 Å². The molecule has 1 unspecified atom stereocenters. The van der Waals surface area contributed by atoms with Gasteiger partial charge < -0.3 is 79.5 Å². The average Bonchev–Trinajstić information content (AvgIpc) is 3.24. The van der Waals surface area contributed by atoms with Crippen molar-refractivity contribution in [3.05, 3.63) is 11.6 Å². The summed E-state index contributed by atoms with van der Waals surface area (Å²) in [6.45, 7) is 15.0. The maximum absolute atomic E-state index is 14.9. The van der Waals surface area contributed by atoms with Crippen LogP contribution in [0.1, 0.15) is 113 Å². The molecule has 0 bridgehead atoms. The second-order valence-corrected chi connectivity index (χ2v) is 23.1. The van der Waals surface area contributed by atoms with E-state index >= 15 is 0 Å². The van der Waals surface area contributed by atoms with Gasteiger partial charge in [0.1, 0.15) is 67.1 Å². The molecule has 0 aromatic carbocycles. The minimum atomic E-state index is -1.79. The Hall–Kier alpha value is -1.39. The molecule has 64 heavy (non-hydrogen) atoms. The SMILES string of the molecule is CC1(C)CC[C@]2(C(=O)O[C@@H]3O[C@H](CO[C@@H]4O[C@H](CO)[C@@H](O)[C@H](O)[C@H]4O)[C@@H](O)[C@H](O)[C@H]3O)CC[C@]3(C)C(=CC[C@@H]4[C@@]5(C)CCC(O[C@@H]6OC[C@H](O)[C@H](O)[C@H]6O)C(C)(C)[C@@H]5CC[C@]43C)[C@@H]2C1. The van der Waals surface area contributed by atoms with E-state index < -0.39 is 111 Å². The molecule has 5 aliphatic carbocycles. The third-order valence-electron chi connectivity index (χ3n) is 18.9. The quantitative estimate of drug-likeness (QED) is 0.0916. The lowest BCUT2D eigenvalue weighted by Gasteiger charge is -2.71. The lowest BCUT2D eigenvalue weighted by molar-refractivity contribution is -0.328. The van der Waals surface area contributed by atoms with E-state index in [4.69, 9.17) is 28.4 Å². The molecule has 17 heteroatoms. The van der Waals surface area contributed by atoms with E-state index in [0.29, 0.717) is 24.7 Å². The zero-order chi connectivity index (χ0) is 46.7. The highest BCUT2D eigenvalue weighted by Gasteiger charge is 2.70. The first-order chi connectivity index (χ1) is 29.9. The molecule has 4 saturated carbocycles. The van der Waals surface area contributed by atoms with Crippen LogP contribution in [0.4, 0.5) is 0 Å². The standard InChI is InChI=1S/C47H76O17/c1-42(2)14-16-47(41(58)64-40-37(57)34(54)32(52)26(62-40)21-60-38-36(56)33(53)31(51)25(19-48)61-38)17-15-45(6)22(23(47)18-42)8-9-28-44(5)12-11-29(43(3,4)27(44)10-13-46(28,45)7)63-39-35(55)30(50)24(49)20-59-39/h8,23-40,48-57H,9-21H2,1-7H3/t23-,24-,25+,26+,27-,28+,29?,30-,31+,32+,33-,34-,35+,36+,37+,38+,39-,40-,44-,45+,46+,47-/m0/s1. The minimum absolute atomic E-state index is 0.0502. The smallest absolute Gasteiger partial charge is 0.315 e. The fraction of sp³-hybridized carbons (Fsp3) is 0.936. The largest absolute Gasteiger partial charge is 0.432 e. The van der Waals surface area contributed by atoms with Crippen molar-refractivity contribution in [3.8, 4) is 0 Å². The van der Waals surface area contributed by atoms with Crippen LogP contribution in [0, 0.1) is 50.2 Å². The molecule has 0 aromatic heterocycles. The number of allylic oxidation sites excluding steroid dienone is 2. The fourth-order valence-electron chi connectivity index (χ4n) is 14.7. The molecule has 8 aliphatic rings. The van der Waals surface area contributed by atoms with Gasteiger partial charge in [0.2, 0.25) is 6.29 Å². The number of hydrogen-bond acceptors (Lipinski definition) is 17. The van der Waals surface area contributed by atoms with E-state index in [1.54, 1.807) is 0 Å². The van der Waals surface area contributed by atoms with Gasteiger partial charge in [-0.25, -0.2) is 0 Å². The van der Waals surface area contributed by atoms with E-state index in [1.165, 1.54) is 5.57 Å². The van der Waals surface area contributed by atoms with Gasteiger partial charge in [-0.15, -0.1) is 0 Å². The Balaban J connectivity index is 1.01. The summed E-state index contributed by atoms with van der Waals surface area (Å²) in [6, 6.07) is 0. The summed E-state index contributed by atoms with van der Waals surface area (Å²) in [6.07, 6.45) is -11.0. The summed E-state index contributed by atoms with van der Waals surface area (Å²) in [7, 11) is 0. The van der Waals surface area contributed by atoms with Crippen LogP contribution in [0.15, 0.2) is 11.6 Å². The minimum Gasteiger partial charge on any atom is -0.432 e. The summed E-state index contributed by atoms with van der Waals surface area (Å²) >= 11 is 0. The third kappa shape index (κ3) is 7.67. The lowest BCUT2D eigenvalue weighted by atomic mass is 9.33. The molecule has 22 atom stereocenters. The number of ether oxygens (including phenoxy) is 6. The van der Waals surface area contributed by atoms with Gasteiger partial charge in [0.15, 0.2) is 12.6 Å². The zero-order valence-electron chi connectivity index (χ0n) is 38.5. The Morgan fingerprint density at radius 2 is 1.31 bits per heavy atom. The molecule has 10 N–H and O–H groups in total. The van der Waals surface area contributed by atoms with Gasteiger partial charge >= 0.3 is 5.97 Å². The van der Waals surface area contributed by atoms with Crippen LogP contribution in [0.3, 0.4) is 0 Å². The zero-order valence-corrected chi connectivity index (χ0v) is 38.5. The summed E-state index contributed by atoms with van der Waals surface area (Å²) in [5.41, 5.74) is -0.415. The highest BCUT2D eigenvalue weighted by Crippen LogP contribution is 2.76. The molecule has 3 heterocycles. The molecular weight excluding hydrogens is 836 g/mol. The molecule has 3 aliphatic heterocycles. The van der Waals surface area contributed by atoms with Crippen LogP contribution >= 0.6 is 0 Å². The predicted molar refractivity (Wildman–Crippen MR) is 224 cm³/mol. The van der Waals surface area contributed by atoms with Crippen molar-refractivity contribution in [2.24, 2.45) is 50.2 Å². The van der Waals surface area contributed by atoms with Gasteiger partial charge in [-0.3, -0.25) is 4.79 Å². The fourth-order valence-corrected chi connectivity index (χ4v) is 14.7. The van der Waals surface area contributed by atoms with Crippen LogP contribution in [-0.2, 0) is 33.2 Å². The number of carbonyl (C=O) groups excluding carboxylic acids is 1. The van der Waals surface area contributed by atoms with Crippen molar-refractivity contribution in [2.75, 3.05) is 19.8 Å². The lowest BCUT2D eigenvalue weighted by Crippen LogP contribution is -2.66. The van der Waals surface area contributed by atoms with Crippen molar-refractivity contribution >= 4 is 5.97 Å². The van der Waals surface area contributed by atoms with Gasteiger partial charge in [0, 0.05) is 0 Å². The maximum Gasteiger partial charge on any atom is 0.315 e. The first-order valence-electron chi connectivity index (χ1n) is 23.7. The normalized spacial score (nSPS) is 53.4. The first-order valence-corrected chi connectivity index (χ1v) is 23.7. The number of rotatable bonds is 8. The number of carbonyl (C=O) groups is 1. The van der Waals surface area contributed by atoms with Crippen LogP contribution in [0.5, 0.6) is 0 Å². The second-order valence-electron chi connectivity index (χ2n) is 23.1. The summed E-state index contributed by atoms with van der Waals surface area (Å²) in [5.74, 6) is -0.0729. The van der Waals surface area contributed by atoms with E-state index in [9.17, 15) is 55.9 Å². The Morgan fingerprint density at radius 1 is 0.688 bits per heavy atom. The van der Waals surface area contributed by atoms with Crippen molar-refractivity contribution in [1.29, 1.82) is 0 Å². The van der Waals surface area contributed by atoms with Crippen molar-refractivity contribution in [1.82, 2.24) is 0 Å². The molecule has 17 nitrogen and oxygen atoms in total. The average molecular weight is 913 g/mol. The highest BCUT2D eigenvalue weighted by atomic mass is 16.7. The number of aliphatic hydroxyl groups excluding tert-OH is 10. The van der Waals surface area contributed by atoms with Gasteiger partial charge in [0.05, 0.1) is 31.3 Å².